The summed E-state index contributed by atoms with van der Waals surface area (Å²) in [6.45, 7) is 10.9. The molecule has 1 aromatic carbocycles. The van der Waals surface area contributed by atoms with E-state index in [0.717, 1.165) is 19.4 Å². The molecule has 0 saturated heterocycles. The Labute approximate surface area is 273 Å². The van der Waals surface area contributed by atoms with Crippen LogP contribution in [0.2, 0.25) is 0 Å². The van der Waals surface area contributed by atoms with Crippen LogP contribution in [-0.4, -0.2) is 33.0 Å². The number of hydrogen-bond donors (Lipinski definition) is 0. The summed E-state index contributed by atoms with van der Waals surface area (Å²) in [6.07, 6.45) is 32.4. The number of hydrogen-bond acceptors (Lipinski definition) is 2. The van der Waals surface area contributed by atoms with Gasteiger partial charge in [-0.05, 0) is 62.4 Å². The van der Waals surface area contributed by atoms with Crippen molar-refractivity contribution in [2.45, 2.75) is 160 Å². The Morgan fingerprint density at radius 2 is 1.24 bits per heavy atom. The average Bonchev–Trinajstić information content (AvgIpc) is 3.45. The molecule has 0 N–H and O–H groups in total. The van der Waals surface area contributed by atoms with Gasteiger partial charge < -0.3 is 0 Å². The molecule has 0 aromatic heterocycles. The van der Waals surface area contributed by atoms with Crippen molar-refractivity contribution in [2.75, 3.05) is 11.4 Å². The summed E-state index contributed by atoms with van der Waals surface area (Å²) in [6, 6.07) is 4.45. The molecule has 1 heterocycles. The molecule has 0 amide bonds. The molecule has 2 nitrogen and oxygen atoms in total. The number of nitrogens with zero attached hydrogens (tertiary/aromatic N) is 2. The van der Waals surface area contributed by atoms with Gasteiger partial charge in [0.05, 0.1) is 0 Å². The van der Waals surface area contributed by atoms with E-state index in [2.05, 4.69) is 66.4 Å². The topological polar surface area (TPSA) is 6.48 Å². The number of rotatable bonds is 10. The van der Waals surface area contributed by atoms with E-state index in [9.17, 15) is 0 Å². The minimum absolute atomic E-state index is 0.385. The SMILES string of the molecule is C1CCC(P(C2CCCCC2)C2CCCCC2)CC1.Cc1cc(C)c(N2[C]N(CCCCC[CH]=[Ru]([Cl])[Cl])C=C2)c(C)c1. The fourth-order valence-electron chi connectivity index (χ4n) is 7.94. The monoisotopic (exact) mass is 720 g/mol. The number of unbranched alkanes of at least 4 members (excludes halogenated alkanes) is 3. The molecule has 3 aliphatic carbocycles. The summed E-state index contributed by atoms with van der Waals surface area (Å²) in [5.41, 5.74) is 8.69. The Morgan fingerprint density at radius 1 is 0.738 bits per heavy atom. The summed E-state index contributed by atoms with van der Waals surface area (Å²) in [5, 5.41) is 0. The van der Waals surface area contributed by atoms with E-state index in [1.807, 2.05) is 0 Å². The van der Waals surface area contributed by atoms with E-state index < -0.39 is 13.5 Å². The van der Waals surface area contributed by atoms with E-state index in [0.29, 0.717) is 7.92 Å². The quantitative estimate of drug-likeness (QED) is 0.135. The van der Waals surface area contributed by atoms with Crippen LogP contribution >= 0.6 is 27.3 Å². The van der Waals surface area contributed by atoms with Crippen LogP contribution < -0.4 is 4.90 Å². The third kappa shape index (κ3) is 11.1. The standard InChI is InChI=1S/C18H24N2.C18H33P.2ClH.Ru/c1-5-6-7-8-9-19-10-11-20(14-19)18-16(3)12-15(2)13-17(18)4;1-4-10-16(11-5-1)19(17-12-6-2-7-13-17)18-14-8-3-9-15-18;;;/h1,10-13H,5-9H2,2-4H3;16-18H,1-15H2;2*1H;/q;;;;+2/p-2. The normalized spacial score (nSPS) is 21.0. The van der Waals surface area contributed by atoms with Gasteiger partial charge in [0.15, 0.2) is 0 Å². The van der Waals surface area contributed by atoms with Crippen LogP contribution in [0.3, 0.4) is 0 Å². The van der Waals surface area contributed by atoms with Gasteiger partial charge in [0.1, 0.15) is 0 Å². The summed E-state index contributed by atoms with van der Waals surface area (Å²) in [7, 11) is 12.0. The van der Waals surface area contributed by atoms with Gasteiger partial charge in [-0.25, -0.2) is 0 Å². The van der Waals surface area contributed by atoms with Crippen LogP contribution in [0.5, 0.6) is 0 Å². The minimum atomic E-state index is -1.56. The molecule has 238 valence electrons. The first kappa shape index (κ1) is 34.9. The maximum absolute atomic E-state index is 5.82. The van der Waals surface area contributed by atoms with Crippen molar-refractivity contribution in [1.82, 2.24) is 4.90 Å². The molecule has 3 saturated carbocycles. The molecule has 0 spiro atoms. The van der Waals surface area contributed by atoms with Gasteiger partial charge in [-0.2, -0.15) is 0 Å². The predicted octanol–water partition coefficient (Wildman–Crippen LogP) is 12.0. The molecule has 1 aromatic rings. The third-order valence-electron chi connectivity index (χ3n) is 9.81. The van der Waals surface area contributed by atoms with Crippen LogP contribution in [0.15, 0.2) is 24.5 Å². The Balaban J connectivity index is 0.000000196. The Morgan fingerprint density at radius 3 is 1.71 bits per heavy atom. The molecule has 42 heavy (non-hydrogen) atoms. The van der Waals surface area contributed by atoms with Crippen LogP contribution in [-0.2, 0) is 13.5 Å². The summed E-state index contributed by atoms with van der Waals surface area (Å²) >= 11 is -1.56. The first-order valence-corrected chi connectivity index (χ1v) is 24.1. The van der Waals surface area contributed by atoms with Crippen LogP contribution in [0, 0.1) is 27.4 Å². The van der Waals surface area contributed by atoms with Crippen molar-refractivity contribution in [3.8, 4) is 0 Å². The Hall–Kier alpha value is 0.0634. The third-order valence-corrected chi connectivity index (χ3v) is 16.2. The fourth-order valence-corrected chi connectivity index (χ4v) is 14.3. The molecule has 0 atom stereocenters. The van der Waals surface area contributed by atoms with Crippen molar-refractivity contribution in [1.29, 1.82) is 0 Å². The van der Waals surface area contributed by atoms with Crippen molar-refractivity contribution in [3.05, 3.63) is 47.9 Å². The second kappa shape index (κ2) is 18.9. The van der Waals surface area contributed by atoms with Gasteiger partial charge >= 0.3 is 141 Å². The van der Waals surface area contributed by atoms with Gasteiger partial charge in [-0.3, -0.25) is 0 Å². The van der Waals surface area contributed by atoms with Crippen LogP contribution in [0.4, 0.5) is 5.69 Å². The molecule has 1 aliphatic heterocycles. The summed E-state index contributed by atoms with van der Waals surface area (Å²) in [5.74, 6) is 0. The molecule has 5 rings (SSSR count). The molecule has 4 aliphatic rings. The van der Waals surface area contributed by atoms with Crippen molar-refractivity contribution < 1.29 is 13.5 Å². The second-order valence-electron chi connectivity index (χ2n) is 13.2. The Kier molecular flexibility index (Phi) is 15.7. The molecular weight excluding hydrogens is 663 g/mol. The number of halogens is 2. The van der Waals surface area contributed by atoms with Crippen molar-refractivity contribution in [3.63, 3.8) is 0 Å². The van der Waals surface area contributed by atoms with Crippen LogP contribution in [0.1, 0.15) is 139 Å². The number of anilines is 1. The molecule has 2 radical (unpaired) electrons. The van der Waals surface area contributed by atoms with Crippen molar-refractivity contribution in [2.24, 2.45) is 0 Å². The molecule has 0 unspecified atom stereocenters. The zero-order valence-corrected chi connectivity index (χ0v) is 30.9. The number of benzene rings is 1. The molecular formula is C36H57Cl2N2PRu. The average molecular weight is 721 g/mol. The van der Waals surface area contributed by atoms with E-state index in [1.165, 1.54) is 71.5 Å². The zero-order valence-electron chi connectivity index (χ0n) is 26.7. The zero-order chi connectivity index (χ0) is 29.7. The first-order chi connectivity index (χ1) is 20.4. The van der Waals surface area contributed by atoms with E-state index in [4.69, 9.17) is 19.4 Å². The van der Waals surface area contributed by atoms with E-state index in [1.54, 1.807) is 77.0 Å². The van der Waals surface area contributed by atoms with Gasteiger partial charge in [0.25, 0.3) is 0 Å². The van der Waals surface area contributed by atoms with Gasteiger partial charge in [0, 0.05) is 0 Å². The number of aryl methyl sites for hydroxylation is 3. The maximum atomic E-state index is 5.82. The molecule has 0 bridgehead atoms. The predicted molar refractivity (Wildman–Crippen MR) is 186 cm³/mol. The summed E-state index contributed by atoms with van der Waals surface area (Å²) in [4.78, 5) is 4.25. The van der Waals surface area contributed by atoms with E-state index >= 15 is 0 Å². The van der Waals surface area contributed by atoms with Gasteiger partial charge in [-0.1, -0.05) is 71.3 Å². The second-order valence-corrected chi connectivity index (χ2v) is 22.2. The van der Waals surface area contributed by atoms with Gasteiger partial charge in [0.2, 0.25) is 0 Å². The van der Waals surface area contributed by atoms with Crippen molar-refractivity contribution >= 4 is 37.6 Å². The van der Waals surface area contributed by atoms with E-state index in [-0.39, 0.29) is 0 Å². The summed E-state index contributed by atoms with van der Waals surface area (Å²) < 4.78 is 2.09. The van der Waals surface area contributed by atoms with Crippen LogP contribution in [0.25, 0.3) is 0 Å². The molecule has 6 heteroatoms. The Bertz CT molecular complexity index is 926. The van der Waals surface area contributed by atoms with Gasteiger partial charge in [-0.15, -0.1) is 0 Å². The fraction of sp³-hybridized carbons (Fsp3) is 0.722. The first-order valence-electron chi connectivity index (χ1n) is 17.1. The molecule has 3 fully saturated rings.